The van der Waals surface area contributed by atoms with Gasteiger partial charge in [0.05, 0.1) is 5.52 Å². The van der Waals surface area contributed by atoms with E-state index in [1.54, 1.807) is 18.5 Å². The molecular formula is C21H23N3O. The predicted octanol–water partition coefficient (Wildman–Crippen LogP) is 4.38. The van der Waals surface area contributed by atoms with Crippen LogP contribution in [0.1, 0.15) is 41.4 Å². The number of hydrogen-bond donors (Lipinski definition) is 0. The minimum absolute atomic E-state index is 0.0181. The molecule has 0 bridgehead atoms. The van der Waals surface area contributed by atoms with Crippen LogP contribution in [0.4, 0.5) is 0 Å². The molecule has 25 heavy (non-hydrogen) atoms. The molecule has 0 atom stereocenters. The summed E-state index contributed by atoms with van der Waals surface area (Å²) in [5.74, 6) is -0.0181. The minimum Gasteiger partial charge on any atom is -0.333 e. The summed E-state index contributed by atoms with van der Waals surface area (Å²) in [6, 6.07) is 13.8. The summed E-state index contributed by atoms with van der Waals surface area (Å²) < 4.78 is 0. The maximum absolute atomic E-state index is 13.1. The van der Waals surface area contributed by atoms with Crippen molar-refractivity contribution < 1.29 is 4.79 Å². The van der Waals surface area contributed by atoms with E-state index in [4.69, 9.17) is 0 Å². The molecule has 3 aromatic rings. The van der Waals surface area contributed by atoms with Crippen LogP contribution in [0, 0.1) is 6.92 Å². The van der Waals surface area contributed by atoms with E-state index < -0.39 is 0 Å². The van der Waals surface area contributed by atoms with Gasteiger partial charge in [0, 0.05) is 30.9 Å². The number of carbonyl (C=O) groups excluding carboxylic acids is 1. The molecule has 0 saturated heterocycles. The second-order valence-electron chi connectivity index (χ2n) is 6.27. The fourth-order valence-corrected chi connectivity index (χ4v) is 2.84. The molecule has 1 amide bonds. The Kier molecular flexibility index (Phi) is 5.39. The number of aromatic nitrogens is 2. The van der Waals surface area contributed by atoms with Crippen LogP contribution in [0.15, 0.2) is 54.9 Å². The Morgan fingerprint density at radius 3 is 2.76 bits per heavy atom. The Morgan fingerprint density at radius 1 is 1.12 bits per heavy atom. The molecule has 0 radical (unpaired) electrons. The highest BCUT2D eigenvalue weighted by Gasteiger charge is 2.18. The Labute approximate surface area is 148 Å². The molecule has 0 aliphatic heterocycles. The van der Waals surface area contributed by atoms with E-state index in [2.05, 4.69) is 35.9 Å². The van der Waals surface area contributed by atoms with Crippen molar-refractivity contribution in [3.8, 4) is 0 Å². The highest BCUT2D eigenvalue weighted by atomic mass is 16.2. The molecule has 0 aliphatic carbocycles. The molecule has 2 aromatic heterocycles. The van der Waals surface area contributed by atoms with Crippen LogP contribution in [0.5, 0.6) is 0 Å². The molecule has 2 heterocycles. The van der Waals surface area contributed by atoms with Crippen LogP contribution in [0.3, 0.4) is 0 Å². The van der Waals surface area contributed by atoms with Gasteiger partial charge >= 0.3 is 0 Å². The molecule has 0 fully saturated rings. The smallest absolute Gasteiger partial charge is 0.272 e. The van der Waals surface area contributed by atoms with Crippen molar-refractivity contribution in [1.29, 1.82) is 0 Å². The van der Waals surface area contributed by atoms with Gasteiger partial charge in [-0.1, -0.05) is 37.6 Å². The van der Waals surface area contributed by atoms with Gasteiger partial charge in [-0.05, 0) is 42.7 Å². The van der Waals surface area contributed by atoms with Crippen molar-refractivity contribution in [3.63, 3.8) is 0 Å². The molecular weight excluding hydrogens is 310 g/mol. The third-order valence-electron chi connectivity index (χ3n) is 4.40. The Bertz CT molecular complexity index is 876. The van der Waals surface area contributed by atoms with Crippen molar-refractivity contribution in [2.75, 3.05) is 6.54 Å². The van der Waals surface area contributed by atoms with E-state index >= 15 is 0 Å². The van der Waals surface area contributed by atoms with E-state index in [1.165, 1.54) is 11.1 Å². The summed E-state index contributed by atoms with van der Waals surface area (Å²) in [6.45, 7) is 5.57. The fraction of sp³-hybridized carbons (Fsp3) is 0.286. The average Bonchev–Trinajstić information content (AvgIpc) is 2.65. The largest absolute Gasteiger partial charge is 0.333 e. The molecule has 0 N–H and O–H groups in total. The van der Waals surface area contributed by atoms with Gasteiger partial charge in [-0.3, -0.25) is 9.78 Å². The highest BCUT2D eigenvalue weighted by Crippen LogP contribution is 2.16. The molecule has 3 rings (SSSR count). The normalized spacial score (nSPS) is 10.8. The average molecular weight is 333 g/mol. The lowest BCUT2D eigenvalue weighted by Gasteiger charge is -2.23. The number of hydrogen-bond acceptors (Lipinski definition) is 3. The number of benzene rings is 1. The molecule has 0 spiro atoms. The van der Waals surface area contributed by atoms with E-state index in [9.17, 15) is 4.79 Å². The van der Waals surface area contributed by atoms with Gasteiger partial charge in [-0.2, -0.15) is 0 Å². The lowest BCUT2D eigenvalue weighted by atomic mass is 10.1. The SMILES string of the molecule is CCCCN(Cc1ccccc1C)C(=O)c1ccc2cnccc2n1. The zero-order valence-corrected chi connectivity index (χ0v) is 14.8. The summed E-state index contributed by atoms with van der Waals surface area (Å²) in [6.07, 6.45) is 5.49. The van der Waals surface area contributed by atoms with E-state index in [0.29, 0.717) is 12.2 Å². The second kappa shape index (κ2) is 7.88. The van der Waals surface area contributed by atoms with Crippen molar-refractivity contribution in [3.05, 3.63) is 71.7 Å². The summed E-state index contributed by atoms with van der Waals surface area (Å²) in [4.78, 5) is 23.6. The predicted molar refractivity (Wildman–Crippen MR) is 100 cm³/mol. The molecule has 0 aliphatic rings. The number of fused-ring (bicyclic) bond motifs is 1. The first-order valence-electron chi connectivity index (χ1n) is 8.73. The topological polar surface area (TPSA) is 46.1 Å². The van der Waals surface area contributed by atoms with Crippen LogP contribution in [-0.2, 0) is 6.54 Å². The zero-order chi connectivity index (χ0) is 17.6. The molecule has 0 saturated carbocycles. The van der Waals surface area contributed by atoms with Crippen molar-refractivity contribution in [2.24, 2.45) is 0 Å². The maximum Gasteiger partial charge on any atom is 0.272 e. The van der Waals surface area contributed by atoms with Crippen LogP contribution in [-0.4, -0.2) is 27.3 Å². The van der Waals surface area contributed by atoms with Gasteiger partial charge in [0.2, 0.25) is 0 Å². The maximum atomic E-state index is 13.1. The Hall–Kier alpha value is -2.75. The van der Waals surface area contributed by atoms with Gasteiger partial charge in [-0.25, -0.2) is 4.98 Å². The van der Waals surface area contributed by atoms with E-state index in [1.807, 2.05) is 29.2 Å². The molecule has 4 heteroatoms. The summed E-state index contributed by atoms with van der Waals surface area (Å²) in [5.41, 5.74) is 3.67. The first-order valence-corrected chi connectivity index (χ1v) is 8.73. The van der Waals surface area contributed by atoms with Gasteiger partial charge in [-0.15, -0.1) is 0 Å². The van der Waals surface area contributed by atoms with Gasteiger partial charge in [0.15, 0.2) is 0 Å². The quantitative estimate of drug-likeness (QED) is 0.672. The molecule has 4 nitrogen and oxygen atoms in total. The molecule has 128 valence electrons. The Morgan fingerprint density at radius 2 is 1.96 bits per heavy atom. The first-order chi connectivity index (χ1) is 12.2. The summed E-state index contributed by atoms with van der Waals surface area (Å²) in [7, 11) is 0. The second-order valence-corrected chi connectivity index (χ2v) is 6.27. The number of aryl methyl sites for hydroxylation is 1. The number of carbonyl (C=O) groups is 1. The van der Waals surface area contributed by atoms with Gasteiger partial charge in [0.1, 0.15) is 5.69 Å². The third kappa shape index (κ3) is 4.02. The number of nitrogens with zero attached hydrogens (tertiary/aromatic N) is 3. The molecule has 1 aromatic carbocycles. The highest BCUT2D eigenvalue weighted by molar-refractivity contribution is 5.94. The number of rotatable bonds is 6. The number of pyridine rings is 2. The number of amides is 1. The number of unbranched alkanes of at least 4 members (excludes halogenated alkanes) is 1. The van der Waals surface area contributed by atoms with Crippen LogP contribution < -0.4 is 0 Å². The lowest BCUT2D eigenvalue weighted by Crippen LogP contribution is -2.32. The van der Waals surface area contributed by atoms with Gasteiger partial charge in [0.25, 0.3) is 5.91 Å². The third-order valence-corrected chi connectivity index (χ3v) is 4.40. The zero-order valence-electron chi connectivity index (χ0n) is 14.8. The molecule has 0 unspecified atom stereocenters. The van der Waals surface area contributed by atoms with Gasteiger partial charge < -0.3 is 4.90 Å². The van der Waals surface area contributed by atoms with E-state index in [0.717, 1.165) is 30.3 Å². The van der Waals surface area contributed by atoms with Crippen molar-refractivity contribution >= 4 is 16.8 Å². The summed E-state index contributed by atoms with van der Waals surface area (Å²) >= 11 is 0. The van der Waals surface area contributed by atoms with Crippen LogP contribution in [0.25, 0.3) is 10.9 Å². The van der Waals surface area contributed by atoms with E-state index in [-0.39, 0.29) is 5.91 Å². The van der Waals surface area contributed by atoms with Crippen LogP contribution in [0.2, 0.25) is 0 Å². The fourth-order valence-electron chi connectivity index (χ4n) is 2.84. The van der Waals surface area contributed by atoms with Crippen molar-refractivity contribution in [1.82, 2.24) is 14.9 Å². The van der Waals surface area contributed by atoms with Crippen LogP contribution >= 0.6 is 0 Å². The standard InChI is InChI=1S/C21H23N3O/c1-3-4-13-24(15-18-8-6-5-7-16(18)2)21(25)20-10-9-17-14-22-12-11-19(17)23-20/h5-12,14H,3-4,13,15H2,1-2H3. The van der Waals surface area contributed by atoms with Crippen molar-refractivity contribution in [2.45, 2.75) is 33.2 Å². The summed E-state index contributed by atoms with van der Waals surface area (Å²) in [5, 5.41) is 0.943. The minimum atomic E-state index is -0.0181. The first kappa shape index (κ1) is 17.1. The Balaban J connectivity index is 1.88. The monoisotopic (exact) mass is 333 g/mol. The lowest BCUT2D eigenvalue weighted by molar-refractivity contribution is 0.0735.